The number of halogens is 1. The predicted octanol–water partition coefficient (Wildman–Crippen LogP) is 3.78. The summed E-state index contributed by atoms with van der Waals surface area (Å²) in [4.78, 5) is 14.2. The van der Waals surface area contributed by atoms with Crippen LogP contribution < -0.4 is 10.1 Å². The van der Waals surface area contributed by atoms with Crippen LogP contribution in [0.3, 0.4) is 0 Å². The molecule has 0 saturated carbocycles. The second-order valence-electron chi connectivity index (χ2n) is 6.60. The molecule has 3 aromatic rings. The van der Waals surface area contributed by atoms with E-state index in [1.54, 1.807) is 6.07 Å². The number of fused-ring (bicyclic) bond motifs is 1. The molecule has 1 amide bonds. The van der Waals surface area contributed by atoms with Crippen molar-refractivity contribution in [3.8, 4) is 5.75 Å². The van der Waals surface area contributed by atoms with Crippen molar-refractivity contribution in [1.82, 2.24) is 10.2 Å². The zero-order valence-corrected chi connectivity index (χ0v) is 15.5. The third-order valence-corrected chi connectivity index (χ3v) is 4.46. The lowest BCUT2D eigenvalue weighted by Gasteiger charge is -2.25. The van der Waals surface area contributed by atoms with Crippen molar-refractivity contribution < 1.29 is 13.9 Å². The topological polar surface area (TPSA) is 41.6 Å². The maximum absolute atomic E-state index is 13.5. The second-order valence-corrected chi connectivity index (χ2v) is 6.60. The molecule has 0 heterocycles. The molecule has 0 fully saturated rings. The number of carbonyl (C=O) groups excluding carboxylic acids is 1. The summed E-state index contributed by atoms with van der Waals surface area (Å²) in [5, 5.41) is 4.91. The van der Waals surface area contributed by atoms with Gasteiger partial charge in [0.15, 0.2) is 6.61 Å². The molecule has 0 aliphatic rings. The smallest absolute Gasteiger partial charge is 0.258 e. The van der Waals surface area contributed by atoms with E-state index in [1.807, 2.05) is 67.5 Å². The highest BCUT2D eigenvalue weighted by Crippen LogP contribution is 2.25. The molecule has 1 atom stereocenters. The van der Waals surface area contributed by atoms with E-state index in [9.17, 15) is 9.18 Å². The Hall–Kier alpha value is -2.92. The van der Waals surface area contributed by atoms with E-state index in [-0.39, 0.29) is 24.4 Å². The minimum absolute atomic E-state index is 0.0721. The fourth-order valence-corrected chi connectivity index (χ4v) is 3.04. The minimum Gasteiger partial charge on any atom is -0.483 e. The van der Waals surface area contributed by atoms with Crippen LogP contribution in [0.2, 0.25) is 0 Å². The molecule has 0 spiro atoms. The molecule has 0 aromatic heterocycles. The van der Waals surface area contributed by atoms with Gasteiger partial charge in [0.1, 0.15) is 11.6 Å². The Morgan fingerprint density at radius 1 is 1.07 bits per heavy atom. The third kappa shape index (κ3) is 4.83. The van der Waals surface area contributed by atoms with Crippen molar-refractivity contribution in [1.29, 1.82) is 0 Å². The quantitative estimate of drug-likeness (QED) is 0.692. The highest BCUT2D eigenvalue weighted by molar-refractivity contribution is 5.88. The molecule has 0 aliphatic carbocycles. The number of hydrogen-bond donors (Lipinski definition) is 1. The number of carbonyl (C=O) groups is 1. The standard InChI is InChI=1S/C22H23FN2O2/c1-25(2)20(17-9-5-10-18(23)13-17)14-24-22(26)15-27-21-12-6-8-16-7-3-4-11-19(16)21/h3-13,20H,14-15H2,1-2H3,(H,24,26). The lowest BCUT2D eigenvalue weighted by atomic mass is 10.1. The summed E-state index contributed by atoms with van der Waals surface area (Å²) in [7, 11) is 3.79. The lowest BCUT2D eigenvalue weighted by molar-refractivity contribution is -0.123. The molecule has 0 aliphatic heterocycles. The van der Waals surface area contributed by atoms with E-state index in [0.29, 0.717) is 12.3 Å². The summed E-state index contributed by atoms with van der Waals surface area (Å²) in [6, 6.07) is 19.9. The van der Waals surface area contributed by atoms with Crippen LogP contribution >= 0.6 is 0 Å². The first-order valence-electron chi connectivity index (χ1n) is 8.84. The fraction of sp³-hybridized carbons (Fsp3) is 0.227. The molecule has 0 radical (unpaired) electrons. The van der Waals surface area contributed by atoms with Gasteiger partial charge in [-0.05, 0) is 43.2 Å². The molecule has 3 aromatic carbocycles. The van der Waals surface area contributed by atoms with Gasteiger partial charge in [0.2, 0.25) is 0 Å². The fourth-order valence-electron chi connectivity index (χ4n) is 3.04. The Labute approximate surface area is 158 Å². The van der Waals surface area contributed by atoms with Crippen LogP contribution in [0.4, 0.5) is 4.39 Å². The zero-order valence-electron chi connectivity index (χ0n) is 15.5. The maximum atomic E-state index is 13.5. The van der Waals surface area contributed by atoms with Crippen LogP contribution in [0.25, 0.3) is 10.8 Å². The summed E-state index contributed by atoms with van der Waals surface area (Å²) in [6.07, 6.45) is 0. The van der Waals surface area contributed by atoms with Crippen LogP contribution in [-0.4, -0.2) is 38.1 Å². The number of ether oxygens (including phenoxy) is 1. The Morgan fingerprint density at radius 2 is 1.81 bits per heavy atom. The third-order valence-electron chi connectivity index (χ3n) is 4.46. The Kier molecular flexibility index (Phi) is 6.04. The van der Waals surface area contributed by atoms with Crippen molar-refractivity contribution in [2.75, 3.05) is 27.2 Å². The molecule has 1 unspecified atom stereocenters. The average Bonchev–Trinajstić information content (AvgIpc) is 2.66. The van der Waals surface area contributed by atoms with Crippen LogP contribution in [0, 0.1) is 5.82 Å². The molecule has 140 valence electrons. The van der Waals surface area contributed by atoms with Crippen molar-refractivity contribution in [3.05, 3.63) is 78.1 Å². The first kappa shape index (κ1) is 18.9. The molecular weight excluding hydrogens is 343 g/mol. The number of likely N-dealkylation sites (N-methyl/N-ethyl adjacent to an activating group) is 1. The van der Waals surface area contributed by atoms with Crippen molar-refractivity contribution in [2.45, 2.75) is 6.04 Å². The van der Waals surface area contributed by atoms with E-state index in [2.05, 4.69) is 5.32 Å². The monoisotopic (exact) mass is 366 g/mol. The van der Waals surface area contributed by atoms with E-state index >= 15 is 0 Å². The van der Waals surface area contributed by atoms with E-state index in [1.165, 1.54) is 12.1 Å². The van der Waals surface area contributed by atoms with Crippen LogP contribution in [0.1, 0.15) is 11.6 Å². The van der Waals surface area contributed by atoms with Crippen molar-refractivity contribution >= 4 is 16.7 Å². The predicted molar refractivity (Wildman–Crippen MR) is 105 cm³/mol. The zero-order chi connectivity index (χ0) is 19.2. The highest BCUT2D eigenvalue weighted by atomic mass is 19.1. The van der Waals surface area contributed by atoms with Gasteiger partial charge in [-0.15, -0.1) is 0 Å². The summed E-state index contributed by atoms with van der Waals surface area (Å²) in [6.45, 7) is 0.297. The van der Waals surface area contributed by atoms with Gasteiger partial charge in [0.25, 0.3) is 5.91 Å². The van der Waals surface area contributed by atoms with Crippen LogP contribution in [0.15, 0.2) is 66.7 Å². The first-order valence-corrected chi connectivity index (χ1v) is 8.84. The molecule has 0 bridgehead atoms. The molecular formula is C22H23FN2O2. The normalized spacial score (nSPS) is 12.1. The van der Waals surface area contributed by atoms with Crippen LogP contribution in [-0.2, 0) is 4.79 Å². The molecule has 5 heteroatoms. The summed E-state index contributed by atoms with van der Waals surface area (Å²) in [5.74, 6) is 0.175. The number of nitrogens with one attached hydrogen (secondary N) is 1. The van der Waals surface area contributed by atoms with Gasteiger partial charge in [-0.3, -0.25) is 4.79 Å². The average molecular weight is 366 g/mol. The molecule has 27 heavy (non-hydrogen) atoms. The number of hydrogen-bond acceptors (Lipinski definition) is 3. The summed E-state index contributed by atoms with van der Waals surface area (Å²) in [5.41, 5.74) is 0.815. The van der Waals surface area contributed by atoms with Gasteiger partial charge in [0.05, 0.1) is 6.04 Å². The van der Waals surface area contributed by atoms with Crippen molar-refractivity contribution in [3.63, 3.8) is 0 Å². The Balaban J connectivity index is 1.60. The van der Waals surface area contributed by atoms with E-state index in [4.69, 9.17) is 4.74 Å². The van der Waals surface area contributed by atoms with Gasteiger partial charge < -0.3 is 15.0 Å². The van der Waals surface area contributed by atoms with Gasteiger partial charge in [-0.25, -0.2) is 4.39 Å². The number of rotatable bonds is 7. The summed E-state index contributed by atoms with van der Waals surface area (Å²) >= 11 is 0. The van der Waals surface area contributed by atoms with Gasteiger partial charge in [-0.2, -0.15) is 0 Å². The largest absolute Gasteiger partial charge is 0.483 e. The first-order chi connectivity index (χ1) is 13.0. The van der Waals surface area contributed by atoms with Gasteiger partial charge >= 0.3 is 0 Å². The number of nitrogens with zero attached hydrogens (tertiary/aromatic N) is 1. The minimum atomic E-state index is -0.287. The number of benzene rings is 3. The maximum Gasteiger partial charge on any atom is 0.258 e. The summed E-state index contributed by atoms with van der Waals surface area (Å²) < 4.78 is 19.2. The molecule has 4 nitrogen and oxygen atoms in total. The van der Waals surface area contributed by atoms with E-state index in [0.717, 1.165) is 16.3 Å². The number of amides is 1. The molecule has 0 saturated heterocycles. The Morgan fingerprint density at radius 3 is 2.59 bits per heavy atom. The highest BCUT2D eigenvalue weighted by Gasteiger charge is 2.16. The lowest BCUT2D eigenvalue weighted by Crippen LogP contribution is -2.36. The molecule has 1 N–H and O–H groups in total. The van der Waals surface area contributed by atoms with Crippen LogP contribution in [0.5, 0.6) is 5.75 Å². The van der Waals surface area contributed by atoms with Gasteiger partial charge in [0, 0.05) is 11.9 Å². The molecule has 3 rings (SSSR count). The Bertz CT molecular complexity index is 922. The van der Waals surface area contributed by atoms with Crippen molar-refractivity contribution in [2.24, 2.45) is 0 Å². The SMILES string of the molecule is CN(C)C(CNC(=O)COc1cccc2ccccc12)c1cccc(F)c1. The second kappa shape index (κ2) is 8.64. The van der Waals surface area contributed by atoms with Gasteiger partial charge in [-0.1, -0.05) is 48.5 Å². The van der Waals surface area contributed by atoms with E-state index < -0.39 is 0 Å².